The lowest BCUT2D eigenvalue weighted by Crippen LogP contribution is -2.14. The fourth-order valence-electron chi connectivity index (χ4n) is 2.72. The zero-order valence-electron chi connectivity index (χ0n) is 13.8. The lowest BCUT2D eigenvalue weighted by atomic mass is 10.1. The van der Waals surface area contributed by atoms with Crippen LogP contribution in [-0.2, 0) is 23.4 Å². The molecule has 9 heteroatoms. The van der Waals surface area contributed by atoms with Crippen LogP contribution in [0.4, 0.5) is 5.00 Å². The molecule has 0 unspecified atom stereocenters. The molecule has 0 aliphatic heterocycles. The van der Waals surface area contributed by atoms with Crippen molar-refractivity contribution in [3.8, 4) is 6.07 Å². The molecule has 6 nitrogen and oxygen atoms in total. The third kappa shape index (κ3) is 4.57. The first-order valence-electron chi connectivity index (χ1n) is 8.00. The van der Waals surface area contributed by atoms with Crippen molar-refractivity contribution in [2.24, 2.45) is 0 Å². The second-order valence-corrected chi connectivity index (χ2v) is 8.51. The van der Waals surface area contributed by atoms with Gasteiger partial charge in [-0.25, -0.2) is 0 Å². The summed E-state index contributed by atoms with van der Waals surface area (Å²) in [6.45, 7) is 0. The second-order valence-electron chi connectivity index (χ2n) is 5.61. The number of anilines is 1. The Bertz CT molecular complexity index is 794. The lowest BCUT2D eigenvalue weighted by Gasteiger charge is -2.02. The quantitative estimate of drug-likeness (QED) is 0.587. The highest BCUT2D eigenvalue weighted by molar-refractivity contribution is 7.99. The number of amides is 1. The SMILES string of the molecule is CSCc1nnc(SCC(=O)Nc2sc3c(c2C#N)CCCCC3)o1. The molecule has 132 valence electrons. The van der Waals surface area contributed by atoms with Crippen LogP contribution in [0.3, 0.4) is 0 Å². The van der Waals surface area contributed by atoms with E-state index in [1.807, 2.05) is 6.26 Å². The molecule has 2 aromatic heterocycles. The standard InChI is InChI=1S/C16H18N4O2S3/c1-23-9-14-19-20-16(22-14)24-8-13(21)18-15-11(7-17)10-5-3-2-4-6-12(10)25-15/h2-6,8-9H2,1H3,(H,18,21). The second kappa shape index (κ2) is 8.74. The Balaban J connectivity index is 1.62. The molecule has 1 amide bonds. The number of thioether (sulfide) groups is 2. The van der Waals surface area contributed by atoms with Crippen LogP contribution in [0.15, 0.2) is 9.64 Å². The van der Waals surface area contributed by atoms with Gasteiger partial charge in [0, 0.05) is 4.88 Å². The van der Waals surface area contributed by atoms with Crippen molar-refractivity contribution in [3.63, 3.8) is 0 Å². The van der Waals surface area contributed by atoms with E-state index in [0.29, 0.717) is 27.4 Å². The molecular weight excluding hydrogens is 376 g/mol. The largest absolute Gasteiger partial charge is 0.415 e. The Labute approximate surface area is 158 Å². The summed E-state index contributed by atoms with van der Waals surface area (Å²) in [4.78, 5) is 13.5. The van der Waals surface area contributed by atoms with Crippen LogP contribution in [0.1, 0.15) is 41.2 Å². The molecule has 0 fully saturated rings. The fraction of sp³-hybridized carbons (Fsp3) is 0.500. The molecule has 1 N–H and O–H groups in total. The van der Waals surface area contributed by atoms with Crippen LogP contribution in [0.5, 0.6) is 0 Å². The molecule has 0 radical (unpaired) electrons. The minimum absolute atomic E-state index is 0.164. The first-order chi connectivity index (χ1) is 12.2. The summed E-state index contributed by atoms with van der Waals surface area (Å²) in [6.07, 6.45) is 7.35. The maximum Gasteiger partial charge on any atom is 0.277 e. The van der Waals surface area contributed by atoms with E-state index in [2.05, 4.69) is 21.6 Å². The van der Waals surface area contributed by atoms with Gasteiger partial charge in [-0.2, -0.15) is 17.0 Å². The van der Waals surface area contributed by atoms with Gasteiger partial charge in [-0.1, -0.05) is 18.2 Å². The maximum atomic E-state index is 12.2. The highest BCUT2D eigenvalue weighted by Gasteiger charge is 2.21. The lowest BCUT2D eigenvalue weighted by molar-refractivity contribution is -0.113. The highest BCUT2D eigenvalue weighted by Crippen LogP contribution is 2.37. The highest BCUT2D eigenvalue weighted by atomic mass is 32.2. The molecule has 0 bridgehead atoms. The summed E-state index contributed by atoms with van der Waals surface area (Å²) in [6, 6.07) is 2.27. The van der Waals surface area contributed by atoms with Crippen molar-refractivity contribution < 1.29 is 9.21 Å². The predicted molar refractivity (Wildman–Crippen MR) is 101 cm³/mol. The minimum atomic E-state index is -0.164. The number of aromatic nitrogens is 2. The first-order valence-corrected chi connectivity index (χ1v) is 11.2. The van der Waals surface area contributed by atoms with Gasteiger partial charge in [-0.05, 0) is 37.5 Å². The van der Waals surface area contributed by atoms with E-state index in [9.17, 15) is 10.1 Å². The summed E-state index contributed by atoms with van der Waals surface area (Å²) < 4.78 is 5.44. The van der Waals surface area contributed by atoms with Crippen LogP contribution >= 0.6 is 34.9 Å². The van der Waals surface area contributed by atoms with Crippen LogP contribution in [0.2, 0.25) is 0 Å². The average molecular weight is 395 g/mol. The Hall–Kier alpha value is -1.50. The molecule has 2 heterocycles. The van der Waals surface area contributed by atoms with Gasteiger partial charge in [0.2, 0.25) is 11.8 Å². The van der Waals surface area contributed by atoms with Crippen LogP contribution in [-0.4, -0.2) is 28.1 Å². The number of nitrogens with zero attached hydrogens (tertiary/aromatic N) is 3. The third-order valence-corrected chi connectivity index (χ3v) is 6.39. The normalized spacial score (nSPS) is 13.8. The van der Waals surface area contributed by atoms with E-state index in [0.717, 1.165) is 31.2 Å². The predicted octanol–water partition coefficient (Wildman–Crippen LogP) is 3.87. The topological polar surface area (TPSA) is 91.8 Å². The van der Waals surface area contributed by atoms with E-state index in [-0.39, 0.29) is 11.7 Å². The van der Waals surface area contributed by atoms with Crippen molar-refractivity contribution in [1.29, 1.82) is 5.26 Å². The Morgan fingerprint density at radius 2 is 2.20 bits per heavy atom. The summed E-state index contributed by atoms with van der Waals surface area (Å²) in [7, 11) is 0. The summed E-state index contributed by atoms with van der Waals surface area (Å²) in [5.74, 6) is 1.23. The maximum absolute atomic E-state index is 12.2. The number of hydrogen-bond acceptors (Lipinski definition) is 8. The van der Waals surface area contributed by atoms with Crippen molar-refractivity contribution in [1.82, 2.24) is 10.2 Å². The number of nitriles is 1. The van der Waals surface area contributed by atoms with Crippen molar-refractivity contribution in [2.75, 3.05) is 17.3 Å². The van der Waals surface area contributed by atoms with Crippen LogP contribution in [0, 0.1) is 11.3 Å². The molecular formula is C16H18N4O2S3. The van der Waals surface area contributed by atoms with Gasteiger partial charge in [-0.15, -0.1) is 21.5 Å². The number of thiophene rings is 1. The number of nitrogens with one attached hydrogen (secondary N) is 1. The van der Waals surface area contributed by atoms with Gasteiger partial charge in [0.05, 0.1) is 17.1 Å². The van der Waals surface area contributed by atoms with Crippen molar-refractivity contribution in [3.05, 3.63) is 21.9 Å². The third-order valence-electron chi connectivity index (χ3n) is 3.83. The molecule has 1 aliphatic carbocycles. The average Bonchev–Trinajstić information content (AvgIpc) is 3.10. The zero-order valence-corrected chi connectivity index (χ0v) is 16.3. The van der Waals surface area contributed by atoms with E-state index in [1.165, 1.54) is 23.1 Å². The number of fused-ring (bicyclic) bond motifs is 1. The van der Waals surface area contributed by atoms with Gasteiger partial charge in [0.25, 0.3) is 5.22 Å². The van der Waals surface area contributed by atoms with Gasteiger partial charge >= 0.3 is 0 Å². The molecule has 2 aromatic rings. The monoisotopic (exact) mass is 394 g/mol. The van der Waals surface area contributed by atoms with Crippen molar-refractivity contribution in [2.45, 2.75) is 43.1 Å². The Morgan fingerprint density at radius 3 is 3.00 bits per heavy atom. The molecule has 0 atom stereocenters. The minimum Gasteiger partial charge on any atom is -0.415 e. The van der Waals surface area contributed by atoms with E-state index < -0.39 is 0 Å². The van der Waals surface area contributed by atoms with E-state index in [1.54, 1.807) is 23.1 Å². The summed E-state index contributed by atoms with van der Waals surface area (Å²) >= 11 is 4.35. The van der Waals surface area contributed by atoms with Gasteiger partial charge in [0.1, 0.15) is 11.1 Å². The number of hydrogen-bond donors (Lipinski definition) is 1. The molecule has 0 aromatic carbocycles. The molecule has 0 saturated carbocycles. The Morgan fingerprint density at radius 1 is 1.36 bits per heavy atom. The molecule has 3 rings (SSSR count). The summed E-state index contributed by atoms with van der Waals surface area (Å²) in [5.41, 5.74) is 1.77. The number of rotatable bonds is 6. The van der Waals surface area contributed by atoms with Crippen LogP contribution < -0.4 is 5.32 Å². The smallest absolute Gasteiger partial charge is 0.277 e. The van der Waals surface area contributed by atoms with Gasteiger partial charge in [0.15, 0.2) is 0 Å². The van der Waals surface area contributed by atoms with E-state index in [4.69, 9.17) is 4.42 Å². The molecule has 0 spiro atoms. The van der Waals surface area contributed by atoms with Gasteiger partial charge < -0.3 is 9.73 Å². The van der Waals surface area contributed by atoms with Crippen molar-refractivity contribution >= 4 is 45.8 Å². The molecule has 25 heavy (non-hydrogen) atoms. The molecule has 1 aliphatic rings. The summed E-state index contributed by atoms with van der Waals surface area (Å²) in [5, 5.41) is 21.3. The van der Waals surface area contributed by atoms with E-state index >= 15 is 0 Å². The first kappa shape index (κ1) is 18.3. The number of carbonyl (C=O) groups is 1. The number of carbonyl (C=O) groups excluding carboxylic acids is 1. The molecule has 0 saturated heterocycles. The fourth-order valence-corrected chi connectivity index (χ4v) is 4.92. The Kier molecular flexibility index (Phi) is 6.39. The zero-order chi connectivity index (χ0) is 17.6. The van der Waals surface area contributed by atoms with Crippen LogP contribution in [0.25, 0.3) is 0 Å². The van der Waals surface area contributed by atoms with Gasteiger partial charge in [-0.3, -0.25) is 4.79 Å². The number of aryl methyl sites for hydroxylation is 1.